The van der Waals surface area contributed by atoms with Gasteiger partial charge in [0.15, 0.2) is 0 Å². The van der Waals surface area contributed by atoms with Gasteiger partial charge in [-0.05, 0) is 30.5 Å². The van der Waals surface area contributed by atoms with Gasteiger partial charge in [0, 0.05) is 31.7 Å². The number of rotatable bonds is 3. The van der Waals surface area contributed by atoms with Gasteiger partial charge in [-0.3, -0.25) is 4.79 Å². The molecule has 3 N–H and O–H groups in total. The van der Waals surface area contributed by atoms with Crippen molar-refractivity contribution in [1.82, 2.24) is 4.31 Å². The van der Waals surface area contributed by atoms with E-state index in [9.17, 15) is 13.2 Å². The minimum Gasteiger partial charge on any atom is -0.326 e. The fourth-order valence-electron chi connectivity index (χ4n) is 2.44. The van der Waals surface area contributed by atoms with Crippen molar-refractivity contribution < 1.29 is 13.2 Å². The first-order valence-electron chi connectivity index (χ1n) is 6.86. The van der Waals surface area contributed by atoms with Crippen LogP contribution in [0.15, 0.2) is 23.1 Å². The molecule has 0 spiro atoms. The van der Waals surface area contributed by atoms with Crippen LogP contribution in [0.5, 0.6) is 0 Å². The lowest BCUT2D eigenvalue weighted by molar-refractivity contribution is -0.114. The molecule has 0 radical (unpaired) electrons. The summed E-state index contributed by atoms with van der Waals surface area (Å²) in [6.07, 6.45) is 0. The maximum atomic E-state index is 12.7. The number of amides is 1. The molecule has 2 atom stereocenters. The topological polar surface area (TPSA) is 92.5 Å². The van der Waals surface area contributed by atoms with Crippen molar-refractivity contribution in [2.45, 2.75) is 31.7 Å². The van der Waals surface area contributed by atoms with Gasteiger partial charge in [-0.15, -0.1) is 0 Å². The Hall–Kier alpha value is -1.44. The molecule has 2 unspecified atom stereocenters. The molecule has 7 heteroatoms. The van der Waals surface area contributed by atoms with Gasteiger partial charge in [0.2, 0.25) is 15.9 Å². The number of sulfonamides is 1. The molecule has 0 aromatic heterocycles. The number of nitrogens with two attached hydrogens (primary N) is 1. The highest BCUT2D eigenvalue weighted by atomic mass is 32.2. The van der Waals surface area contributed by atoms with Crippen LogP contribution < -0.4 is 11.1 Å². The summed E-state index contributed by atoms with van der Waals surface area (Å²) in [5.74, 6) is -0.0994. The van der Waals surface area contributed by atoms with E-state index in [1.54, 1.807) is 19.1 Å². The van der Waals surface area contributed by atoms with Crippen molar-refractivity contribution in [3.05, 3.63) is 23.8 Å². The minimum atomic E-state index is -3.59. The van der Waals surface area contributed by atoms with Crippen LogP contribution >= 0.6 is 0 Å². The maximum absolute atomic E-state index is 12.7. The van der Waals surface area contributed by atoms with E-state index >= 15 is 0 Å². The standard InChI is InChI=1S/C14H21N3O3S/c1-9-4-5-12(16-11(3)18)6-14(9)21(19,20)17-7-10(2)13(15)8-17/h4-6,10,13H,7-8,15H2,1-3H3,(H,16,18). The van der Waals surface area contributed by atoms with Gasteiger partial charge in [0.25, 0.3) is 0 Å². The molecule has 6 nitrogen and oxygen atoms in total. The summed E-state index contributed by atoms with van der Waals surface area (Å²) < 4.78 is 26.9. The number of carbonyl (C=O) groups excluding carboxylic acids is 1. The summed E-state index contributed by atoms with van der Waals surface area (Å²) in [4.78, 5) is 11.3. The summed E-state index contributed by atoms with van der Waals surface area (Å²) in [6, 6.07) is 4.74. The van der Waals surface area contributed by atoms with E-state index in [0.29, 0.717) is 24.3 Å². The first kappa shape index (κ1) is 15.9. The van der Waals surface area contributed by atoms with Crippen LogP contribution in [0.25, 0.3) is 0 Å². The third kappa shape index (κ3) is 3.25. The van der Waals surface area contributed by atoms with Gasteiger partial charge in [0.05, 0.1) is 4.90 Å². The van der Waals surface area contributed by atoms with Crippen molar-refractivity contribution in [1.29, 1.82) is 0 Å². The Balaban J connectivity index is 2.38. The molecule has 1 amide bonds. The van der Waals surface area contributed by atoms with Gasteiger partial charge in [-0.1, -0.05) is 13.0 Å². The highest BCUT2D eigenvalue weighted by molar-refractivity contribution is 7.89. The highest BCUT2D eigenvalue weighted by Gasteiger charge is 2.36. The van der Waals surface area contributed by atoms with E-state index < -0.39 is 10.0 Å². The molecular weight excluding hydrogens is 290 g/mol. The SMILES string of the molecule is CC(=O)Nc1ccc(C)c(S(=O)(=O)N2CC(C)C(N)C2)c1. The predicted molar refractivity (Wildman–Crippen MR) is 81.4 cm³/mol. The number of carbonyl (C=O) groups is 1. The first-order chi connectivity index (χ1) is 9.71. The third-order valence-corrected chi connectivity index (χ3v) is 5.74. The Labute approximate surface area is 125 Å². The number of aryl methyl sites for hydroxylation is 1. The van der Waals surface area contributed by atoms with Gasteiger partial charge in [-0.2, -0.15) is 4.31 Å². The fourth-order valence-corrected chi connectivity index (χ4v) is 4.27. The van der Waals surface area contributed by atoms with Crippen molar-refractivity contribution in [3.8, 4) is 0 Å². The van der Waals surface area contributed by atoms with Crippen LogP contribution in [0.2, 0.25) is 0 Å². The average Bonchev–Trinajstić information content (AvgIpc) is 2.72. The van der Waals surface area contributed by atoms with Gasteiger partial charge < -0.3 is 11.1 Å². The molecule has 21 heavy (non-hydrogen) atoms. The third-order valence-electron chi connectivity index (χ3n) is 3.76. The van der Waals surface area contributed by atoms with Crippen LogP contribution in [0, 0.1) is 12.8 Å². The van der Waals surface area contributed by atoms with Crippen LogP contribution in [0.1, 0.15) is 19.4 Å². The van der Waals surface area contributed by atoms with Crippen LogP contribution in [0.3, 0.4) is 0 Å². The second-order valence-electron chi connectivity index (χ2n) is 5.62. The molecule has 116 valence electrons. The smallest absolute Gasteiger partial charge is 0.243 e. The number of anilines is 1. The van der Waals surface area contributed by atoms with Crippen LogP contribution in [-0.4, -0.2) is 37.8 Å². The molecule has 0 bridgehead atoms. The van der Waals surface area contributed by atoms with Crippen molar-refractivity contribution in [2.24, 2.45) is 11.7 Å². The molecule has 2 rings (SSSR count). The summed E-state index contributed by atoms with van der Waals surface area (Å²) in [5.41, 5.74) is 7.04. The van der Waals surface area contributed by atoms with Crippen molar-refractivity contribution >= 4 is 21.6 Å². The number of hydrogen-bond donors (Lipinski definition) is 2. The molecule has 1 saturated heterocycles. The molecule has 0 saturated carbocycles. The Kier molecular flexibility index (Phi) is 4.36. The lowest BCUT2D eigenvalue weighted by atomic mass is 10.1. The first-order valence-corrected chi connectivity index (χ1v) is 8.30. The predicted octanol–water partition coefficient (Wildman–Crippen LogP) is 0.921. The second-order valence-corrected chi connectivity index (χ2v) is 7.53. The van der Waals surface area contributed by atoms with E-state index in [1.807, 2.05) is 6.92 Å². The largest absolute Gasteiger partial charge is 0.326 e. The number of benzene rings is 1. The van der Waals surface area contributed by atoms with E-state index in [4.69, 9.17) is 5.73 Å². The zero-order valence-electron chi connectivity index (χ0n) is 12.5. The Morgan fingerprint density at radius 2 is 2.05 bits per heavy atom. The average molecular weight is 311 g/mol. The van der Waals surface area contributed by atoms with Gasteiger partial charge in [0.1, 0.15) is 0 Å². The Bertz CT molecular complexity index is 647. The molecule has 1 aromatic rings. The monoisotopic (exact) mass is 311 g/mol. The lowest BCUT2D eigenvalue weighted by Gasteiger charge is -2.18. The Morgan fingerprint density at radius 1 is 1.38 bits per heavy atom. The summed E-state index contributed by atoms with van der Waals surface area (Å²) in [7, 11) is -3.59. The number of nitrogens with one attached hydrogen (secondary N) is 1. The van der Waals surface area contributed by atoms with E-state index in [0.717, 1.165) is 0 Å². The zero-order chi connectivity index (χ0) is 15.8. The van der Waals surface area contributed by atoms with Crippen LogP contribution in [0.4, 0.5) is 5.69 Å². The van der Waals surface area contributed by atoms with E-state index in [1.165, 1.54) is 17.3 Å². The highest BCUT2D eigenvalue weighted by Crippen LogP contribution is 2.27. The second kappa shape index (κ2) is 5.75. The molecule has 0 aliphatic carbocycles. The van der Waals surface area contributed by atoms with E-state index in [-0.39, 0.29) is 22.8 Å². The molecule has 1 aromatic carbocycles. The maximum Gasteiger partial charge on any atom is 0.243 e. The molecule has 1 heterocycles. The Morgan fingerprint density at radius 3 is 2.57 bits per heavy atom. The summed E-state index contributed by atoms with van der Waals surface area (Å²) in [6.45, 7) is 5.82. The zero-order valence-corrected chi connectivity index (χ0v) is 13.3. The number of hydrogen-bond acceptors (Lipinski definition) is 4. The molecule has 1 aliphatic heterocycles. The van der Waals surface area contributed by atoms with Gasteiger partial charge >= 0.3 is 0 Å². The van der Waals surface area contributed by atoms with E-state index in [2.05, 4.69) is 5.32 Å². The normalized spacial score (nSPS) is 23.2. The molecule has 1 fully saturated rings. The van der Waals surface area contributed by atoms with Crippen molar-refractivity contribution in [2.75, 3.05) is 18.4 Å². The minimum absolute atomic E-state index is 0.138. The van der Waals surface area contributed by atoms with Crippen LogP contribution in [-0.2, 0) is 14.8 Å². The molecule has 1 aliphatic rings. The molecular formula is C14H21N3O3S. The summed E-state index contributed by atoms with van der Waals surface area (Å²) in [5, 5.41) is 2.61. The quantitative estimate of drug-likeness (QED) is 0.868. The fraction of sp³-hybridized carbons (Fsp3) is 0.500. The summed E-state index contributed by atoms with van der Waals surface area (Å²) >= 11 is 0. The lowest BCUT2D eigenvalue weighted by Crippen LogP contribution is -2.32. The van der Waals surface area contributed by atoms with Gasteiger partial charge in [-0.25, -0.2) is 8.42 Å². The van der Waals surface area contributed by atoms with Crippen molar-refractivity contribution in [3.63, 3.8) is 0 Å². The number of nitrogens with zero attached hydrogens (tertiary/aromatic N) is 1.